The van der Waals surface area contributed by atoms with E-state index in [1.165, 1.54) is 0 Å². The van der Waals surface area contributed by atoms with Crippen LogP contribution in [0.4, 0.5) is 78.4 Å². The Bertz CT molecular complexity index is 2260. The van der Waals surface area contributed by atoms with Crippen LogP contribution < -0.4 is 15.1 Å². The molecule has 14 nitrogen and oxygen atoms in total. The molecule has 420 valence electrons. The van der Waals surface area contributed by atoms with Gasteiger partial charge in [0.1, 0.15) is 5.60 Å². The molecule has 4 unspecified atom stereocenters. The predicted molar refractivity (Wildman–Crippen MR) is 250 cm³/mol. The second kappa shape index (κ2) is 22.5. The number of rotatable bonds is 8. The van der Waals surface area contributed by atoms with E-state index in [0.29, 0.717) is 62.9 Å². The smallest absolute Gasteiger partial charge is 0.434 e. The summed E-state index contributed by atoms with van der Waals surface area (Å²) in [5, 5.41) is 3.43. The van der Waals surface area contributed by atoms with Crippen LogP contribution in [-0.4, -0.2) is 190 Å². The number of likely N-dealkylation sites (tertiary alicyclic amines) is 1. The Hall–Kier alpha value is -5.11. The number of hydrogen-bond acceptors (Lipinski definition) is 11. The third-order valence-electron chi connectivity index (χ3n) is 14.4. The predicted octanol–water partition coefficient (Wildman–Crippen LogP) is 8.44. The number of carbonyl (C=O) groups excluding carboxylic acids is 3. The first-order valence-corrected chi connectivity index (χ1v) is 24.8. The third-order valence-corrected chi connectivity index (χ3v) is 14.4. The number of nitrogens with one attached hydrogen (secondary N) is 1. The topological polar surface area (TPSA) is 114 Å². The summed E-state index contributed by atoms with van der Waals surface area (Å²) >= 11 is 0. The van der Waals surface area contributed by atoms with E-state index in [1.54, 1.807) is 4.90 Å². The number of carbonyl (C=O) groups is 3. The molecule has 75 heavy (non-hydrogen) atoms. The van der Waals surface area contributed by atoms with Gasteiger partial charge in [0.2, 0.25) is 0 Å². The number of ether oxygens (including phenoxy) is 3. The molecule has 0 spiro atoms. The summed E-state index contributed by atoms with van der Waals surface area (Å²) < 4.78 is 166. The highest BCUT2D eigenvalue weighted by atomic mass is 19.4. The van der Waals surface area contributed by atoms with Gasteiger partial charge in [0.15, 0.2) is 0 Å². The van der Waals surface area contributed by atoms with Crippen molar-refractivity contribution in [3.05, 3.63) is 58.7 Å². The first-order chi connectivity index (χ1) is 34.8. The van der Waals surface area contributed by atoms with E-state index >= 15 is 0 Å². The quantitative estimate of drug-likeness (QED) is 0.203. The van der Waals surface area contributed by atoms with Gasteiger partial charge >= 0.3 is 43.0 Å². The van der Waals surface area contributed by atoms with Crippen molar-refractivity contribution in [3.8, 4) is 0 Å². The van der Waals surface area contributed by atoms with E-state index in [2.05, 4.69) is 42.8 Å². The monoisotopic (exact) mass is 1090 g/mol. The average molecular weight is 1090 g/mol. The average Bonchev–Trinajstić information content (AvgIpc) is 4.10. The number of nitrogens with zero attached hydrogens (tertiary/aromatic N) is 7. The van der Waals surface area contributed by atoms with Crippen LogP contribution in [0.3, 0.4) is 0 Å². The molecule has 0 saturated carbocycles. The number of benzene rings is 2. The highest BCUT2D eigenvalue weighted by Crippen LogP contribution is 2.40. The van der Waals surface area contributed by atoms with Crippen molar-refractivity contribution >= 4 is 29.7 Å². The normalized spacial score (nSPS) is 23.2. The Labute approximate surface area is 427 Å². The molecule has 6 fully saturated rings. The first kappa shape index (κ1) is 57.6. The van der Waals surface area contributed by atoms with E-state index in [1.807, 2.05) is 62.6 Å². The Morgan fingerprint density at radius 1 is 0.507 bits per heavy atom. The summed E-state index contributed by atoms with van der Waals surface area (Å²) in [5.74, 6) is 1.87. The van der Waals surface area contributed by atoms with Gasteiger partial charge in [-0.3, -0.25) is 9.80 Å². The van der Waals surface area contributed by atoms with Gasteiger partial charge in [-0.15, -0.1) is 0 Å². The first-order valence-electron chi connectivity index (χ1n) is 24.8. The zero-order valence-electron chi connectivity index (χ0n) is 42.3. The van der Waals surface area contributed by atoms with E-state index in [-0.39, 0.29) is 45.4 Å². The van der Waals surface area contributed by atoms with Crippen LogP contribution >= 0.6 is 0 Å². The van der Waals surface area contributed by atoms with E-state index < -0.39 is 54.7 Å². The molecule has 6 heterocycles. The number of amides is 3. The fraction of sp³-hybridized carbons (Fsp3) is 0.694. The Balaban J connectivity index is 0.000000222. The fourth-order valence-electron chi connectivity index (χ4n) is 10.6. The fourth-order valence-corrected chi connectivity index (χ4v) is 10.6. The van der Waals surface area contributed by atoms with Crippen molar-refractivity contribution in [2.45, 2.75) is 90.2 Å². The lowest BCUT2D eigenvalue weighted by Gasteiger charge is -2.36. The van der Waals surface area contributed by atoms with Crippen molar-refractivity contribution in [1.82, 2.24) is 29.8 Å². The number of aryl methyl sites for hydroxylation is 2. The molecule has 26 heteroatoms. The van der Waals surface area contributed by atoms with Crippen molar-refractivity contribution < 1.29 is 81.3 Å². The molecule has 2 aromatic rings. The van der Waals surface area contributed by atoms with E-state index in [9.17, 15) is 67.1 Å². The molecule has 4 atom stereocenters. The maximum Gasteiger partial charge on any atom is 0.434 e. The van der Waals surface area contributed by atoms with Crippen LogP contribution in [0.15, 0.2) is 36.4 Å². The number of hydrogen-bond donors (Lipinski definition) is 1. The van der Waals surface area contributed by atoms with Gasteiger partial charge in [-0.05, 0) is 80.8 Å². The van der Waals surface area contributed by atoms with Crippen LogP contribution in [0.5, 0.6) is 0 Å². The number of anilines is 2. The molecule has 3 amide bonds. The van der Waals surface area contributed by atoms with Gasteiger partial charge in [0, 0.05) is 141 Å². The molecule has 1 N–H and O–H groups in total. The summed E-state index contributed by atoms with van der Waals surface area (Å²) in [7, 11) is 0. The molecule has 6 saturated heterocycles. The zero-order valence-corrected chi connectivity index (χ0v) is 42.3. The van der Waals surface area contributed by atoms with Crippen molar-refractivity contribution in [1.29, 1.82) is 0 Å². The van der Waals surface area contributed by atoms with Crippen LogP contribution in [0.1, 0.15) is 43.0 Å². The highest BCUT2D eigenvalue weighted by Gasteiger charge is 2.61. The molecular formula is C49H64F12N8O6. The summed E-state index contributed by atoms with van der Waals surface area (Å²) in [5.41, 5.74) is 6.03. The van der Waals surface area contributed by atoms with Crippen molar-refractivity contribution in [2.75, 3.05) is 115 Å². The van der Waals surface area contributed by atoms with Gasteiger partial charge in [-0.2, -0.15) is 52.7 Å². The number of fused-ring (bicyclic) bond motifs is 2. The molecule has 0 aromatic heterocycles. The summed E-state index contributed by atoms with van der Waals surface area (Å²) in [6, 6.07) is 12.4. The van der Waals surface area contributed by atoms with Gasteiger partial charge in [0.05, 0.1) is 0 Å². The summed E-state index contributed by atoms with van der Waals surface area (Å²) in [6.07, 6.45) is -34.8. The number of alkyl halides is 12. The molecule has 6 aliphatic rings. The van der Waals surface area contributed by atoms with E-state index in [0.717, 1.165) is 82.7 Å². The minimum absolute atomic E-state index is 0.0119. The van der Waals surface area contributed by atoms with Crippen molar-refractivity contribution in [3.63, 3.8) is 0 Å². The number of halogens is 12. The molecule has 0 bridgehead atoms. The second-order valence-corrected chi connectivity index (χ2v) is 21.4. The highest BCUT2D eigenvalue weighted by molar-refractivity contribution is 5.69. The summed E-state index contributed by atoms with van der Waals surface area (Å²) in [4.78, 5) is 48.9. The molecule has 6 aliphatic heterocycles. The molecule has 0 aliphatic carbocycles. The largest absolute Gasteiger partial charge is 0.444 e. The van der Waals surface area contributed by atoms with Gasteiger partial charge in [-0.25, -0.2) is 14.4 Å². The van der Waals surface area contributed by atoms with Crippen LogP contribution in [0.2, 0.25) is 0 Å². The van der Waals surface area contributed by atoms with Crippen LogP contribution in [-0.2, 0) is 27.3 Å². The SMILES string of the molecule is Cc1ccc(CN2CCN(C(=O)OC(C(F)(F)F)C(F)(F)F)CC2)c(N2CC3CN(C(=O)OC(C)(C)C)CC3C2)c1.Cc1ccc(CN2CCN(C(=O)OC(C(F)(F)F)C(F)(F)F)CC2)c(N2CC3CNCC3C2)c1. The minimum Gasteiger partial charge on any atom is -0.444 e. The Kier molecular flexibility index (Phi) is 17.2. The lowest BCUT2D eigenvalue weighted by atomic mass is 10.0. The van der Waals surface area contributed by atoms with Gasteiger partial charge < -0.3 is 44.0 Å². The van der Waals surface area contributed by atoms with Crippen LogP contribution in [0.25, 0.3) is 0 Å². The Morgan fingerprint density at radius 3 is 1.19 bits per heavy atom. The third kappa shape index (κ3) is 14.9. The molecule has 2 aromatic carbocycles. The van der Waals surface area contributed by atoms with Crippen LogP contribution in [0, 0.1) is 37.5 Å². The lowest BCUT2D eigenvalue weighted by molar-refractivity contribution is -0.309. The molecule has 8 rings (SSSR count). The standard InChI is InChI=1S/C27H36F6N4O4.C22H28F6N4O2/c1-17-5-6-18(12-34-7-9-35(10-8-34)23(38)40-22(26(28,29)30)27(31,32)33)21(11-17)36-13-19-15-37(16-20(19)14-36)24(39)41-25(2,3)4;1-14-2-3-15(18(8-14)32-12-16-9-29-10-17(16)13-32)11-30-4-6-31(7-5-30)20(33)34-19(21(23,24)25)22(26,27)28/h5-6,11,19-20,22H,7-10,12-16H2,1-4H3;2-3,8,16-17,19,29H,4-7,9-13H2,1H3. The van der Waals surface area contributed by atoms with Gasteiger partial charge in [-0.1, -0.05) is 24.3 Å². The van der Waals surface area contributed by atoms with E-state index in [4.69, 9.17) is 4.74 Å². The maximum absolute atomic E-state index is 12.8. The van der Waals surface area contributed by atoms with Gasteiger partial charge in [0.25, 0.3) is 12.2 Å². The van der Waals surface area contributed by atoms with Crippen molar-refractivity contribution in [2.24, 2.45) is 23.7 Å². The lowest BCUT2D eigenvalue weighted by Crippen LogP contribution is -2.52. The second-order valence-electron chi connectivity index (χ2n) is 21.4. The maximum atomic E-state index is 12.8. The Morgan fingerprint density at radius 2 is 0.853 bits per heavy atom. The number of piperazine rings is 2. The summed E-state index contributed by atoms with van der Waals surface area (Å²) in [6.45, 7) is 18.5. The minimum atomic E-state index is -5.75. The molecule has 0 radical (unpaired) electrons. The molecular weight excluding hydrogens is 1020 g/mol. The zero-order chi connectivity index (χ0) is 55.0.